The fourth-order valence-electron chi connectivity index (χ4n) is 3.54. The molecule has 1 fully saturated rings. The van der Waals surface area contributed by atoms with Gasteiger partial charge in [0.05, 0.1) is 0 Å². The fourth-order valence-corrected chi connectivity index (χ4v) is 3.54. The van der Waals surface area contributed by atoms with Crippen molar-refractivity contribution in [2.45, 2.75) is 18.3 Å². The van der Waals surface area contributed by atoms with Crippen molar-refractivity contribution < 1.29 is 0 Å². The van der Waals surface area contributed by atoms with Crippen molar-refractivity contribution >= 4 is 10.8 Å². The summed E-state index contributed by atoms with van der Waals surface area (Å²) in [6.45, 7) is 0. The van der Waals surface area contributed by atoms with Crippen LogP contribution in [0.15, 0.2) is 73.3 Å². The van der Waals surface area contributed by atoms with Crippen LogP contribution in [0.4, 0.5) is 0 Å². The van der Waals surface area contributed by atoms with Crippen LogP contribution in [0.5, 0.6) is 0 Å². The van der Waals surface area contributed by atoms with Crippen molar-refractivity contribution in [3.8, 4) is 11.6 Å². The van der Waals surface area contributed by atoms with Gasteiger partial charge in [-0.2, -0.15) is 0 Å². The topological polar surface area (TPSA) is 51.6 Å². The standard InChI is InChI=1S/C21H16N4/c1-2-7-16-14(5-1)6-3-8-17(16)19-11-18(19)15-12-24-21(25-13-15)20-22-9-4-10-23-20/h1-10,12-13,18-19H,11H2. The SMILES string of the molecule is c1cnc(-c2ncc(C3CC3c3cccc4ccccc34)cn2)nc1. The molecule has 2 aromatic heterocycles. The van der Waals surface area contributed by atoms with Crippen molar-refractivity contribution in [2.24, 2.45) is 0 Å². The van der Waals surface area contributed by atoms with Crippen LogP contribution < -0.4 is 0 Å². The molecule has 5 rings (SSSR count). The first-order valence-corrected chi connectivity index (χ1v) is 8.47. The van der Waals surface area contributed by atoms with Crippen LogP contribution in [0, 0.1) is 0 Å². The first-order chi connectivity index (χ1) is 12.4. The summed E-state index contributed by atoms with van der Waals surface area (Å²) in [6.07, 6.45) is 8.41. The van der Waals surface area contributed by atoms with E-state index in [0.29, 0.717) is 23.5 Å². The Morgan fingerprint density at radius 3 is 2.24 bits per heavy atom. The second kappa shape index (κ2) is 5.74. The Bertz CT molecular complexity index is 1020. The lowest BCUT2D eigenvalue weighted by Gasteiger charge is -2.06. The Labute approximate surface area is 145 Å². The van der Waals surface area contributed by atoms with E-state index in [-0.39, 0.29) is 0 Å². The van der Waals surface area contributed by atoms with Gasteiger partial charge in [-0.3, -0.25) is 0 Å². The van der Waals surface area contributed by atoms with Gasteiger partial charge in [0.25, 0.3) is 0 Å². The minimum Gasteiger partial charge on any atom is -0.234 e. The van der Waals surface area contributed by atoms with Crippen LogP contribution in [0.25, 0.3) is 22.4 Å². The van der Waals surface area contributed by atoms with E-state index in [4.69, 9.17) is 0 Å². The summed E-state index contributed by atoms with van der Waals surface area (Å²) in [7, 11) is 0. The molecule has 2 aromatic carbocycles. The molecule has 0 N–H and O–H groups in total. The highest BCUT2D eigenvalue weighted by molar-refractivity contribution is 5.86. The van der Waals surface area contributed by atoms with Crippen LogP contribution in [0.2, 0.25) is 0 Å². The number of fused-ring (bicyclic) bond motifs is 1. The molecule has 4 heteroatoms. The largest absolute Gasteiger partial charge is 0.234 e. The lowest BCUT2D eigenvalue weighted by Crippen LogP contribution is -1.95. The van der Waals surface area contributed by atoms with E-state index < -0.39 is 0 Å². The summed E-state index contributed by atoms with van der Waals surface area (Å²) in [5.74, 6) is 2.19. The summed E-state index contributed by atoms with van der Waals surface area (Å²) >= 11 is 0. The number of rotatable bonds is 3. The highest BCUT2D eigenvalue weighted by atomic mass is 15.0. The van der Waals surface area contributed by atoms with Gasteiger partial charge in [0, 0.05) is 24.8 Å². The Morgan fingerprint density at radius 1 is 0.680 bits per heavy atom. The van der Waals surface area contributed by atoms with Gasteiger partial charge >= 0.3 is 0 Å². The minimum absolute atomic E-state index is 0.497. The summed E-state index contributed by atoms with van der Waals surface area (Å²) < 4.78 is 0. The normalized spacial score (nSPS) is 19.0. The molecule has 120 valence electrons. The van der Waals surface area contributed by atoms with Gasteiger partial charge in [-0.05, 0) is 46.2 Å². The Balaban J connectivity index is 1.43. The van der Waals surface area contributed by atoms with E-state index in [1.807, 2.05) is 12.4 Å². The predicted octanol–water partition coefficient (Wildman–Crippen LogP) is 4.36. The number of hydrogen-bond donors (Lipinski definition) is 0. The van der Waals surface area contributed by atoms with Crippen molar-refractivity contribution in [1.29, 1.82) is 0 Å². The van der Waals surface area contributed by atoms with E-state index >= 15 is 0 Å². The summed E-state index contributed by atoms with van der Waals surface area (Å²) in [4.78, 5) is 17.3. The van der Waals surface area contributed by atoms with E-state index in [1.165, 1.54) is 21.9 Å². The van der Waals surface area contributed by atoms with Gasteiger partial charge < -0.3 is 0 Å². The number of aromatic nitrogens is 4. The van der Waals surface area contributed by atoms with Gasteiger partial charge in [-0.1, -0.05) is 42.5 Å². The molecule has 4 nitrogen and oxygen atoms in total. The third-order valence-electron chi connectivity index (χ3n) is 4.88. The maximum Gasteiger partial charge on any atom is 0.197 e. The molecule has 1 aliphatic carbocycles. The summed E-state index contributed by atoms with van der Waals surface area (Å²) in [5, 5.41) is 2.66. The highest BCUT2D eigenvalue weighted by Crippen LogP contribution is 2.55. The van der Waals surface area contributed by atoms with Crippen molar-refractivity contribution in [3.05, 3.63) is 84.4 Å². The molecular formula is C21H16N4. The summed E-state index contributed by atoms with van der Waals surface area (Å²) in [5.41, 5.74) is 2.62. The van der Waals surface area contributed by atoms with E-state index in [0.717, 1.165) is 6.42 Å². The molecule has 0 saturated heterocycles. The van der Waals surface area contributed by atoms with Gasteiger partial charge in [0.15, 0.2) is 11.6 Å². The zero-order valence-corrected chi connectivity index (χ0v) is 13.6. The molecule has 2 atom stereocenters. The second-order valence-electron chi connectivity index (χ2n) is 6.43. The Morgan fingerprint density at radius 2 is 1.40 bits per heavy atom. The molecule has 2 unspecified atom stereocenters. The highest BCUT2D eigenvalue weighted by Gasteiger charge is 2.40. The van der Waals surface area contributed by atoms with Crippen LogP contribution in [-0.2, 0) is 0 Å². The van der Waals surface area contributed by atoms with Crippen molar-refractivity contribution in [3.63, 3.8) is 0 Å². The lowest BCUT2D eigenvalue weighted by molar-refractivity contribution is 0.982. The minimum atomic E-state index is 0.497. The maximum absolute atomic E-state index is 4.46. The maximum atomic E-state index is 4.46. The average Bonchev–Trinajstić information content (AvgIpc) is 3.49. The number of benzene rings is 2. The molecule has 0 aliphatic heterocycles. The monoisotopic (exact) mass is 324 g/mol. The molecule has 25 heavy (non-hydrogen) atoms. The molecule has 1 saturated carbocycles. The van der Waals surface area contributed by atoms with Gasteiger partial charge in [-0.25, -0.2) is 19.9 Å². The first kappa shape index (κ1) is 14.2. The third kappa shape index (κ3) is 2.56. The van der Waals surface area contributed by atoms with Crippen LogP contribution in [0.1, 0.15) is 29.4 Å². The summed E-state index contributed by atoms with van der Waals surface area (Å²) in [6, 6.07) is 17.0. The van der Waals surface area contributed by atoms with Gasteiger partial charge in [-0.15, -0.1) is 0 Å². The molecule has 0 bridgehead atoms. The number of nitrogens with zero attached hydrogens (tertiary/aromatic N) is 4. The predicted molar refractivity (Wildman–Crippen MR) is 97.1 cm³/mol. The molecule has 2 heterocycles. The lowest BCUT2D eigenvalue weighted by atomic mass is 9.99. The van der Waals surface area contributed by atoms with Crippen molar-refractivity contribution in [1.82, 2.24) is 19.9 Å². The quantitative estimate of drug-likeness (QED) is 0.562. The molecule has 0 radical (unpaired) electrons. The third-order valence-corrected chi connectivity index (χ3v) is 4.88. The van der Waals surface area contributed by atoms with Crippen LogP contribution in [-0.4, -0.2) is 19.9 Å². The number of hydrogen-bond acceptors (Lipinski definition) is 4. The van der Waals surface area contributed by atoms with Gasteiger partial charge in [0.1, 0.15) is 0 Å². The molecule has 0 spiro atoms. The molecular weight excluding hydrogens is 308 g/mol. The van der Waals surface area contributed by atoms with Crippen molar-refractivity contribution in [2.75, 3.05) is 0 Å². The molecule has 1 aliphatic rings. The zero-order valence-electron chi connectivity index (χ0n) is 13.6. The fraction of sp³-hybridized carbons (Fsp3) is 0.143. The Kier molecular flexibility index (Phi) is 3.27. The Hall–Kier alpha value is -3.14. The average molecular weight is 324 g/mol. The van der Waals surface area contributed by atoms with E-state index in [9.17, 15) is 0 Å². The van der Waals surface area contributed by atoms with Crippen LogP contribution in [0.3, 0.4) is 0 Å². The second-order valence-corrected chi connectivity index (χ2v) is 6.43. The smallest absolute Gasteiger partial charge is 0.197 e. The van der Waals surface area contributed by atoms with E-state index in [1.54, 1.807) is 18.5 Å². The van der Waals surface area contributed by atoms with E-state index in [2.05, 4.69) is 62.4 Å². The molecule has 0 amide bonds. The van der Waals surface area contributed by atoms with Crippen LogP contribution >= 0.6 is 0 Å². The zero-order chi connectivity index (χ0) is 16.6. The molecule has 4 aromatic rings. The van der Waals surface area contributed by atoms with Gasteiger partial charge in [0.2, 0.25) is 0 Å². The first-order valence-electron chi connectivity index (χ1n) is 8.47.